The van der Waals surface area contributed by atoms with Gasteiger partial charge in [0, 0.05) is 12.6 Å². The molecule has 1 heterocycles. The van der Waals surface area contributed by atoms with Crippen LogP contribution in [0, 0.1) is 23.7 Å². The summed E-state index contributed by atoms with van der Waals surface area (Å²) in [6, 6.07) is 8.92. The Balaban J connectivity index is 1.22. The Kier molecular flexibility index (Phi) is 5.42. The molecule has 1 aromatic rings. The van der Waals surface area contributed by atoms with Crippen LogP contribution in [0.5, 0.6) is 5.75 Å². The minimum Gasteiger partial charge on any atom is -0.497 e. The van der Waals surface area contributed by atoms with Crippen molar-refractivity contribution in [1.29, 1.82) is 0 Å². The molecule has 0 aromatic heterocycles. The number of rotatable bonds is 6. The van der Waals surface area contributed by atoms with Crippen LogP contribution >= 0.6 is 0 Å². The largest absolute Gasteiger partial charge is 0.497 e. The first kappa shape index (κ1) is 19.2. The van der Waals surface area contributed by atoms with Crippen molar-refractivity contribution in [3.05, 3.63) is 29.8 Å². The number of likely N-dealkylation sites (tertiary alicyclic amines) is 1. The van der Waals surface area contributed by atoms with Gasteiger partial charge in [-0.25, -0.2) is 4.79 Å². The van der Waals surface area contributed by atoms with Crippen molar-refractivity contribution in [2.24, 2.45) is 23.7 Å². The molecule has 5 fully saturated rings. The van der Waals surface area contributed by atoms with Gasteiger partial charge in [-0.3, -0.25) is 4.90 Å². The highest BCUT2D eigenvalue weighted by molar-refractivity contribution is 5.74. The highest BCUT2D eigenvalue weighted by Crippen LogP contribution is 2.53. The number of ether oxygens (including phenoxy) is 1. The highest BCUT2D eigenvalue weighted by Gasteiger charge is 2.48. The van der Waals surface area contributed by atoms with Crippen molar-refractivity contribution >= 4 is 6.03 Å². The number of benzene rings is 1. The van der Waals surface area contributed by atoms with Gasteiger partial charge in [-0.1, -0.05) is 12.1 Å². The van der Waals surface area contributed by atoms with Crippen molar-refractivity contribution in [2.75, 3.05) is 26.7 Å². The second-order valence-corrected chi connectivity index (χ2v) is 9.85. The number of carbonyl (C=O) groups is 1. The van der Waals surface area contributed by atoms with E-state index in [-0.39, 0.29) is 12.1 Å². The lowest BCUT2D eigenvalue weighted by Gasteiger charge is -2.54. The van der Waals surface area contributed by atoms with Crippen LogP contribution in [0.2, 0.25) is 0 Å². The van der Waals surface area contributed by atoms with Crippen molar-refractivity contribution in [3.63, 3.8) is 0 Å². The van der Waals surface area contributed by atoms with Crippen molar-refractivity contribution in [1.82, 2.24) is 15.5 Å². The van der Waals surface area contributed by atoms with Crippen LogP contribution in [0.25, 0.3) is 0 Å². The lowest BCUT2D eigenvalue weighted by atomic mass is 9.54. The van der Waals surface area contributed by atoms with E-state index < -0.39 is 0 Å². The summed E-state index contributed by atoms with van der Waals surface area (Å²) in [5, 5.41) is 6.61. The van der Waals surface area contributed by atoms with E-state index in [0.717, 1.165) is 30.7 Å². The molecule has 0 spiro atoms. The topological polar surface area (TPSA) is 53.6 Å². The van der Waals surface area contributed by atoms with Crippen LogP contribution in [0.15, 0.2) is 24.3 Å². The molecule has 5 aliphatic rings. The van der Waals surface area contributed by atoms with Crippen LogP contribution < -0.4 is 15.4 Å². The van der Waals surface area contributed by atoms with E-state index in [9.17, 15) is 4.79 Å². The number of nitrogens with one attached hydrogen (secondary N) is 2. The molecular formula is C24H35N3O2. The predicted molar refractivity (Wildman–Crippen MR) is 114 cm³/mol. The second-order valence-electron chi connectivity index (χ2n) is 9.85. The zero-order valence-corrected chi connectivity index (χ0v) is 17.6. The number of carbonyl (C=O) groups excluding carboxylic acids is 1. The van der Waals surface area contributed by atoms with Gasteiger partial charge in [0.2, 0.25) is 0 Å². The SMILES string of the molecule is COc1cccc(C(CNC(=O)NC2C3CC4CC(C3)CC2C4)N2CCCC2)c1. The molecule has 4 aliphatic carbocycles. The molecule has 5 nitrogen and oxygen atoms in total. The number of nitrogens with zero attached hydrogens (tertiary/aromatic N) is 1. The Morgan fingerprint density at radius 1 is 1.10 bits per heavy atom. The average molecular weight is 398 g/mol. The molecule has 1 unspecified atom stereocenters. The molecule has 1 aromatic carbocycles. The van der Waals surface area contributed by atoms with Crippen LogP contribution in [-0.2, 0) is 0 Å². The van der Waals surface area contributed by atoms with E-state index in [1.54, 1.807) is 7.11 Å². The maximum absolute atomic E-state index is 12.8. The van der Waals surface area contributed by atoms with Gasteiger partial charge >= 0.3 is 6.03 Å². The van der Waals surface area contributed by atoms with Gasteiger partial charge in [0.15, 0.2) is 0 Å². The summed E-state index contributed by atoms with van der Waals surface area (Å²) in [6.45, 7) is 2.84. The van der Waals surface area contributed by atoms with Crippen molar-refractivity contribution < 1.29 is 9.53 Å². The molecule has 29 heavy (non-hydrogen) atoms. The van der Waals surface area contributed by atoms with Gasteiger partial charge in [0.25, 0.3) is 0 Å². The molecule has 6 rings (SSSR count). The van der Waals surface area contributed by atoms with Gasteiger partial charge in [-0.2, -0.15) is 0 Å². The Hall–Kier alpha value is -1.75. The zero-order chi connectivity index (χ0) is 19.8. The molecule has 2 N–H and O–H groups in total. The summed E-state index contributed by atoms with van der Waals surface area (Å²) in [5.41, 5.74) is 1.22. The first-order valence-electron chi connectivity index (χ1n) is 11.6. The summed E-state index contributed by atoms with van der Waals surface area (Å²) >= 11 is 0. The summed E-state index contributed by atoms with van der Waals surface area (Å²) in [7, 11) is 1.71. The minimum atomic E-state index is 0.0227. The molecule has 5 heteroatoms. The average Bonchev–Trinajstić information content (AvgIpc) is 3.25. The number of hydrogen-bond acceptors (Lipinski definition) is 3. The summed E-state index contributed by atoms with van der Waals surface area (Å²) < 4.78 is 5.43. The normalized spacial score (nSPS) is 34.2. The van der Waals surface area contributed by atoms with E-state index in [1.807, 2.05) is 12.1 Å². The van der Waals surface area contributed by atoms with Crippen molar-refractivity contribution in [2.45, 2.75) is 57.0 Å². The van der Waals surface area contributed by atoms with Gasteiger partial charge in [0.05, 0.1) is 13.2 Å². The monoisotopic (exact) mass is 397 g/mol. The first-order chi connectivity index (χ1) is 14.2. The second kappa shape index (κ2) is 8.17. The summed E-state index contributed by atoms with van der Waals surface area (Å²) in [6.07, 6.45) is 9.25. The molecule has 4 bridgehead atoms. The van der Waals surface area contributed by atoms with Gasteiger partial charge < -0.3 is 15.4 Å². The molecule has 4 saturated carbocycles. The molecular weight excluding hydrogens is 362 g/mol. The molecule has 0 radical (unpaired) electrons. The Morgan fingerprint density at radius 2 is 1.79 bits per heavy atom. The fourth-order valence-corrected chi connectivity index (χ4v) is 6.91. The third-order valence-electron chi connectivity index (χ3n) is 8.04. The molecule has 158 valence electrons. The lowest BCUT2D eigenvalue weighted by Crippen LogP contribution is -2.57. The van der Waals surface area contributed by atoms with Gasteiger partial charge in [-0.15, -0.1) is 0 Å². The molecule has 1 aliphatic heterocycles. The number of methoxy groups -OCH3 is 1. The minimum absolute atomic E-state index is 0.0227. The number of urea groups is 1. The Labute approximate surface area is 174 Å². The summed E-state index contributed by atoms with van der Waals surface area (Å²) in [5.74, 6) is 4.18. The van der Waals surface area contributed by atoms with E-state index in [1.165, 1.54) is 50.5 Å². The summed E-state index contributed by atoms with van der Waals surface area (Å²) in [4.78, 5) is 15.3. The quantitative estimate of drug-likeness (QED) is 0.764. The third-order valence-corrected chi connectivity index (χ3v) is 8.04. The number of amides is 2. The first-order valence-corrected chi connectivity index (χ1v) is 11.6. The standard InChI is InChI=1S/C24H35N3O2/c1-29-21-6-4-5-18(14-21)22(27-7-2-3-8-27)15-25-24(28)26-23-19-10-16-9-17(12-19)13-20(23)11-16/h4-6,14,16-17,19-20,22-23H,2-3,7-13,15H2,1H3,(H2,25,26,28). The fourth-order valence-electron chi connectivity index (χ4n) is 6.91. The maximum atomic E-state index is 12.8. The van der Waals surface area contributed by atoms with Crippen molar-refractivity contribution in [3.8, 4) is 5.75 Å². The fraction of sp³-hybridized carbons (Fsp3) is 0.708. The molecule has 1 atom stereocenters. The van der Waals surface area contributed by atoms with Gasteiger partial charge in [0.1, 0.15) is 5.75 Å². The molecule has 1 saturated heterocycles. The lowest BCUT2D eigenvalue weighted by molar-refractivity contribution is -0.00946. The smallest absolute Gasteiger partial charge is 0.315 e. The predicted octanol–water partition coefficient (Wildman–Crippen LogP) is 3.96. The maximum Gasteiger partial charge on any atom is 0.315 e. The van der Waals surface area contributed by atoms with E-state index >= 15 is 0 Å². The van der Waals surface area contributed by atoms with Crippen LogP contribution in [-0.4, -0.2) is 43.7 Å². The Bertz CT molecular complexity index is 703. The Morgan fingerprint density at radius 3 is 2.45 bits per heavy atom. The van der Waals surface area contributed by atoms with Gasteiger partial charge in [-0.05, 0) is 99.4 Å². The molecule has 2 amide bonds. The van der Waals surface area contributed by atoms with Crippen LogP contribution in [0.4, 0.5) is 4.79 Å². The number of hydrogen-bond donors (Lipinski definition) is 2. The van der Waals surface area contributed by atoms with Crippen LogP contribution in [0.1, 0.15) is 56.6 Å². The zero-order valence-electron chi connectivity index (χ0n) is 17.6. The van der Waals surface area contributed by atoms with E-state index in [4.69, 9.17) is 4.74 Å². The van der Waals surface area contributed by atoms with Crippen LogP contribution in [0.3, 0.4) is 0 Å². The van der Waals surface area contributed by atoms with E-state index in [2.05, 4.69) is 27.7 Å². The third kappa shape index (κ3) is 3.98. The van der Waals surface area contributed by atoms with E-state index in [0.29, 0.717) is 24.4 Å². The highest BCUT2D eigenvalue weighted by atomic mass is 16.5.